The molecule has 0 aliphatic rings. The molecule has 4 heteroatoms. The van der Waals surface area contributed by atoms with Crippen molar-refractivity contribution in [2.45, 2.75) is 19.6 Å². The van der Waals surface area contributed by atoms with E-state index in [1.54, 1.807) is 0 Å². The minimum atomic E-state index is -0.234. The lowest BCUT2D eigenvalue weighted by atomic mass is 10.1. The maximum atomic E-state index is 13.2. The predicted molar refractivity (Wildman–Crippen MR) is 83.6 cm³/mol. The number of hydrogen-bond donors (Lipinski definition) is 1. The van der Waals surface area contributed by atoms with E-state index in [1.165, 1.54) is 17.7 Å². The number of benzene rings is 2. The molecule has 2 aromatic rings. The zero-order valence-corrected chi connectivity index (χ0v) is 13.0. The number of nitrogens with zero attached hydrogens (tertiary/aromatic N) is 1. The van der Waals surface area contributed by atoms with Gasteiger partial charge in [-0.2, -0.15) is 0 Å². The fourth-order valence-electron chi connectivity index (χ4n) is 2.20. The Hall–Kier alpha value is -1.23. The molecule has 0 amide bonds. The molecule has 2 N–H and O–H groups in total. The van der Waals surface area contributed by atoms with Gasteiger partial charge in [0.2, 0.25) is 0 Å². The second-order valence-corrected chi connectivity index (χ2v) is 5.74. The van der Waals surface area contributed by atoms with E-state index >= 15 is 0 Å². The Bertz CT molecular complexity index is 586. The summed E-state index contributed by atoms with van der Waals surface area (Å²) in [6.45, 7) is 1.92. The molecular formula is C16H18BrFN2. The molecule has 0 spiro atoms. The topological polar surface area (TPSA) is 29.3 Å². The van der Waals surface area contributed by atoms with Gasteiger partial charge in [0.05, 0.1) is 0 Å². The maximum absolute atomic E-state index is 13.2. The second-order valence-electron chi connectivity index (χ2n) is 4.88. The van der Waals surface area contributed by atoms with Gasteiger partial charge in [0.1, 0.15) is 5.82 Å². The molecule has 2 rings (SSSR count). The monoisotopic (exact) mass is 336 g/mol. The van der Waals surface area contributed by atoms with Gasteiger partial charge in [-0.15, -0.1) is 0 Å². The van der Waals surface area contributed by atoms with E-state index < -0.39 is 0 Å². The largest absolute Gasteiger partial charge is 0.326 e. The third-order valence-electron chi connectivity index (χ3n) is 3.23. The lowest BCUT2D eigenvalue weighted by molar-refractivity contribution is 0.317. The van der Waals surface area contributed by atoms with Crippen LogP contribution in [0.3, 0.4) is 0 Å². The minimum absolute atomic E-state index is 0.234. The molecule has 2 aromatic carbocycles. The van der Waals surface area contributed by atoms with Crippen LogP contribution in [-0.2, 0) is 19.6 Å². The molecule has 0 heterocycles. The Labute approximate surface area is 127 Å². The van der Waals surface area contributed by atoms with E-state index in [2.05, 4.69) is 26.9 Å². The van der Waals surface area contributed by atoms with Crippen LogP contribution in [0.5, 0.6) is 0 Å². The molecule has 0 aliphatic heterocycles. The molecule has 0 saturated heterocycles. The Morgan fingerprint density at radius 3 is 2.45 bits per heavy atom. The van der Waals surface area contributed by atoms with Gasteiger partial charge < -0.3 is 5.73 Å². The van der Waals surface area contributed by atoms with Crippen molar-refractivity contribution in [2.24, 2.45) is 5.73 Å². The van der Waals surface area contributed by atoms with Gasteiger partial charge >= 0.3 is 0 Å². The average molecular weight is 337 g/mol. The molecule has 2 nitrogen and oxygen atoms in total. The summed E-state index contributed by atoms with van der Waals surface area (Å²) in [5.41, 5.74) is 8.84. The summed E-state index contributed by atoms with van der Waals surface area (Å²) in [5, 5.41) is 0. The SMILES string of the molecule is CN(Cc1ccccc1Br)Cc1ccc(F)cc1CN. The van der Waals surface area contributed by atoms with Crippen molar-refractivity contribution in [1.29, 1.82) is 0 Å². The van der Waals surface area contributed by atoms with Crippen LogP contribution < -0.4 is 5.73 Å². The normalized spacial score (nSPS) is 11.1. The quantitative estimate of drug-likeness (QED) is 0.902. The maximum Gasteiger partial charge on any atom is 0.123 e. The average Bonchev–Trinajstić information content (AvgIpc) is 2.43. The van der Waals surface area contributed by atoms with E-state index in [9.17, 15) is 4.39 Å². The first-order valence-corrected chi connectivity index (χ1v) is 7.28. The van der Waals surface area contributed by atoms with Gasteiger partial charge in [-0.3, -0.25) is 4.90 Å². The third-order valence-corrected chi connectivity index (χ3v) is 4.00. The van der Waals surface area contributed by atoms with Crippen molar-refractivity contribution in [2.75, 3.05) is 7.05 Å². The molecule has 0 fully saturated rings. The summed E-state index contributed by atoms with van der Waals surface area (Å²) in [4.78, 5) is 2.19. The minimum Gasteiger partial charge on any atom is -0.326 e. The van der Waals surface area contributed by atoms with Crippen LogP contribution in [0.1, 0.15) is 16.7 Å². The van der Waals surface area contributed by atoms with Gasteiger partial charge in [0, 0.05) is 24.1 Å². The first-order valence-electron chi connectivity index (χ1n) is 6.49. The highest BCUT2D eigenvalue weighted by atomic mass is 79.9. The zero-order valence-electron chi connectivity index (χ0n) is 11.4. The summed E-state index contributed by atoms with van der Waals surface area (Å²) in [5.74, 6) is -0.234. The van der Waals surface area contributed by atoms with Crippen molar-refractivity contribution in [3.8, 4) is 0 Å². The summed E-state index contributed by atoms with van der Waals surface area (Å²) >= 11 is 3.55. The Balaban J connectivity index is 2.08. The Morgan fingerprint density at radius 2 is 1.75 bits per heavy atom. The molecule has 20 heavy (non-hydrogen) atoms. The van der Waals surface area contributed by atoms with Crippen LogP contribution in [0.25, 0.3) is 0 Å². The molecule has 0 bridgehead atoms. The highest BCUT2D eigenvalue weighted by Crippen LogP contribution is 2.19. The lowest BCUT2D eigenvalue weighted by Crippen LogP contribution is -2.19. The van der Waals surface area contributed by atoms with Crippen LogP contribution in [0.15, 0.2) is 46.9 Å². The number of nitrogens with two attached hydrogens (primary N) is 1. The highest BCUT2D eigenvalue weighted by Gasteiger charge is 2.08. The van der Waals surface area contributed by atoms with Crippen LogP contribution >= 0.6 is 15.9 Å². The summed E-state index contributed by atoms with van der Waals surface area (Å²) in [6, 6.07) is 13.0. The highest BCUT2D eigenvalue weighted by molar-refractivity contribution is 9.10. The van der Waals surface area contributed by atoms with Crippen LogP contribution in [0.2, 0.25) is 0 Å². The number of rotatable bonds is 5. The van der Waals surface area contributed by atoms with Crippen molar-refractivity contribution in [1.82, 2.24) is 4.90 Å². The second kappa shape index (κ2) is 6.97. The van der Waals surface area contributed by atoms with Crippen LogP contribution in [0.4, 0.5) is 4.39 Å². The van der Waals surface area contributed by atoms with Crippen LogP contribution in [-0.4, -0.2) is 11.9 Å². The lowest BCUT2D eigenvalue weighted by Gasteiger charge is -2.19. The standard InChI is InChI=1S/C16H18BrFN2/c1-20(11-13-4-2-3-5-16(13)17)10-12-6-7-15(18)8-14(12)9-19/h2-8H,9-11,19H2,1H3. The van der Waals surface area contributed by atoms with Crippen LogP contribution in [0, 0.1) is 5.82 Å². The zero-order chi connectivity index (χ0) is 14.5. The first kappa shape index (κ1) is 15.2. The summed E-state index contributed by atoms with van der Waals surface area (Å²) in [6.07, 6.45) is 0. The molecular weight excluding hydrogens is 319 g/mol. The Morgan fingerprint density at radius 1 is 1.05 bits per heavy atom. The van der Waals surface area contributed by atoms with Gasteiger partial charge in [-0.25, -0.2) is 4.39 Å². The van der Waals surface area contributed by atoms with Gasteiger partial charge in [0.15, 0.2) is 0 Å². The van der Waals surface area contributed by atoms with E-state index in [0.717, 1.165) is 28.7 Å². The van der Waals surface area contributed by atoms with Crippen molar-refractivity contribution < 1.29 is 4.39 Å². The Kier molecular flexibility index (Phi) is 5.29. The number of halogens is 2. The fourth-order valence-corrected chi connectivity index (χ4v) is 2.61. The van der Waals surface area contributed by atoms with E-state index in [1.807, 2.05) is 31.3 Å². The molecule has 0 saturated carbocycles. The fraction of sp³-hybridized carbons (Fsp3) is 0.250. The van der Waals surface area contributed by atoms with E-state index in [-0.39, 0.29) is 5.82 Å². The third kappa shape index (κ3) is 3.88. The van der Waals surface area contributed by atoms with E-state index in [4.69, 9.17) is 5.73 Å². The van der Waals surface area contributed by atoms with Gasteiger partial charge in [0.25, 0.3) is 0 Å². The molecule has 0 radical (unpaired) electrons. The summed E-state index contributed by atoms with van der Waals surface area (Å²) in [7, 11) is 2.04. The van der Waals surface area contributed by atoms with Gasteiger partial charge in [-0.1, -0.05) is 40.2 Å². The van der Waals surface area contributed by atoms with E-state index in [0.29, 0.717) is 6.54 Å². The predicted octanol–water partition coefficient (Wildman–Crippen LogP) is 3.68. The molecule has 0 aromatic heterocycles. The number of hydrogen-bond acceptors (Lipinski definition) is 2. The first-order chi connectivity index (χ1) is 9.60. The molecule has 0 atom stereocenters. The van der Waals surface area contributed by atoms with Crippen molar-refractivity contribution >= 4 is 15.9 Å². The van der Waals surface area contributed by atoms with Gasteiger partial charge in [-0.05, 0) is 41.9 Å². The smallest absolute Gasteiger partial charge is 0.123 e. The van der Waals surface area contributed by atoms with Crippen molar-refractivity contribution in [3.63, 3.8) is 0 Å². The summed E-state index contributed by atoms with van der Waals surface area (Å²) < 4.78 is 14.3. The molecule has 0 unspecified atom stereocenters. The van der Waals surface area contributed by atoms with Crippen molar-refractivity contribution in [3.05, 3.63) is 69.4 Å². The molecule has 0 aliphatic carbocycles. The molecule has 106 valence electrons.